The fraction of sp³-hybridized carbons (Fsp3) is 0.629. The molecule has 5 rings (SSSR count). The molecule has 3 heterocycles. The molecular formula is C35H50ClN3O2. The van der Waals surface area contributed by atoms with Crippen LogP contribution in [0.2, 0.25) is 5.02 Å². The van der Waals surface area contributed by atoms with Gasteiger partial charge in [-0.05, 0) is 145 Å². The molecule has 2 aromatic rings. The minimum absolute atomic E-state index is 0.0684. The lowest BCUT2D eigenvalue weighted by Gasteiger charge is -2.42. The third kappa shape index (κ3) is 8.34. The molecule has 3 aliphatic heterocycles. The van der Waals surface area contributed by atoms with Gasteiger partial charge in [0.25, 0.3) is 0 Å². The van der Waals surface area contributed by atoms with E-state index in [2.05, 4.69) is 33.3 Å². The molecule has 1 N–H and O–H groups in total. The lowest BCUT2D eigenvalue weighted by molar-refractivity contribution is -0.120. The number of likely N-dealkylation sites (tertiary alicyclic amines) is 2. The Kier molecular flexibility index (Phi) is 10.8. The molecule has 0 radical (unpaired) electrons. The van der Waals surface area contributed by atoms with E-state index in [4.69, 9.17) is 16.3 Å². The summed E-state index contributed by atoms with van der Waals surface area (Å²) in [5, 5.41) is 4.42. The number of carbonyl (C=O) groups excluding carboxylic acids is 1. The lowest BCUT2D eigenvalue weighted by atomic mass is 9.70. The van der Waals surface area contributed by atoms with Crippen LogP contribution in [0.15, 0.2) is 48.5 Å². The molecule has 6 heteroatoms. The largest absolute Gasteiger partial charge is 0.491 e. The molecule has 0 saturated carbocycles. The summed E-state index contributed by atoms with van der Waals surface area (Å²) in [5.74, 6) is 1.10. The third-order valence-electron chi connectivity index (χ3n) is 9.66. The van der Waals surface area contributed by atoms with Gasteiger partial charge in [-0.25, -0.2) is 0 Å². The van der Waals surface area contributed by atoms with Gasteiger partial charge in [-0.2, -0.15) is 0 Å². The minimum Gasteiger partial charge on any atom is -0.491 e. The summed E-state index contributed by atoms with van der Waals surface area (Å²) < 4.78 is 5.89. The van der Waals surface area contributed by atoms with Crippen molar-refractivity contribution in [1.29, 1.82) is 0 Å². The number of rotatable bonds is 10. The van der Waals surface area contributed by atoms with Crippen molar-refractivity contribution in [1.82, 2.24) is 15.1 Å². The van der Waals surface area contributed by atoms with Crippen molar-refractivity contribution in [3.8, 4) is 5.75 Å². The quantitative estimate of drug-likeness (QED) is 0.341. The summed E-state index contributed by atoms with van der Waals surface area (Å²) >= 11 is 6.55. The molecule has 0 spiro atoms. The second kappa shape index (κ2) is 14.5. The number of ketones is 1. The second-order valence-electron chi connectivity index (χ2n) is 13.0. The van der Waals surface area contributed by atoms with Gasteiger partial charge in [-0.1, -0.05) is 42.3 Å². The van der Waals surface area contributed by atoms with E-state index in [9.17, 15) is 4.79 Å². The van der Waals surface area contributed by atoms with E-state index in [1.54, 1.807) is 0 Å². The summed E-state index contributed by atoms with van der Waals surface area (Å²) in [6, 6.07) is 17.1. The fourth-order valence-electron chi connectivity index (χ4n) is 7.44. The molecule has 2 unspecified atom stereocenters. The monoisotopic (exact) mass is 579 g/mol. The number of nitrogens with one attached hydrogen (secondary N) is 1. The average molecular weight is 580 g/mol. The van der Waals surface area contributed by atoms with Crippen LogP contribution in [0.25, 0.3) is 0 Å². The summed E-state index contributed by atoms with van der Waals surface area (Å²) in [6.45, 7) is 11.0. The normalized spacial score (nSPS) is 25.2. The molecule has 2 atom stereocenters. The van der Waals surface area contributed by atoms with Gasteiger partial charge < -0.3 is 19.9 Å². The summed E-state index contributed by atoms with van der Waals surface area (Å²) in [6.07, 6.45) is 11.2. The van der Waals surface area contributed by atoms with Gasteiger partial charge in [0.05, 0.1) is 12.1 Å². The Hall–Kier alpha value is -1.92. The van der Waals surface area contributed by atoms with Crippen LogP contribution in [0.4, 0.5) is 0 Å². The first kappa shape index (κ1) is 30.5. The molecule has 3 fully saturated rings. The maximum atomic E-state index is 13.8. The molecular weight excluding hydrogens is 530 g/mol. The van der Waals surface area contributed by atoms with Crippen LogP contribution >= 0.6 is 11.6 Å². The predicted molar refractivity (Wildman–Crippen MR) is 169 cm³/mol. The Morgan fingerprint density at radius 1 is 1.02 bits per heavy atom. The number of ether oxygens (including phenoxy) is 1. The number of Topliss-reactive ketones (excluding diaryl/α,β-unsaturated/α-hetero) is 1. The van der Waals surface area contributed by atoms with Crippen molar-refractivity contribution >= 4 is 17.4 Å². The number of hydrogen-bond acceptors (Lipinski definition) is 5. The Bertz CT molecular complexity index is 1130. The van der Waals surface area contributed by atoms with Crippen molar-refractivity contribution in [2.24, 2.45) is 0 Å². The summed E-state index contributed by atoms with van der Waals surface area (Å²) in [5.41, 5.74) is 2.24. The van der Waals surface area contributed by atoms with Crippen molar-refractivity contribution in [2.75, 3.05) is 39.3 Å². The maximum Gasteiger partial charge on any atom is 0.154 e. The van der Waals surface area contributed by atoms with E-state index in [1.165, 1.54) is 63.8 Å². The highest BCUT2D eigenvalue weighted by Gasteiger charge is 2.39. The number of halogens is 1. The maximum absolute atomic E-state index is 13.8. The second-order valence-corrected chi connectivity index (χ2v) is 13.4. The molecule has 3 aliphatic rings. The van der Waals surface area contributed by atoms with Crippen LogP contribution in [0.3, 0.4) is 0 Å². The molecule has 0 bridgehead atoms. The standard InChI is InChI=1S/C35H50ClN3O2/c1-27(2)41-32-12-6-9-28(23-32)24-34(40)33-26-35(15-8-17-37-33,29-10-7-11-30(36)25-29)16-22-38-20-13-31(14-21-38)39-18-4-3-5-19-39/h6-7,9-12,23,25,27,31,33,37H,3-5,8,13-22,24,26H2,1-2H3. The fourth-order valence-corrected chi connectivity index (χ4v) is 7.63. The zero-order valence-electron chi connectivity index (χ0n) is 25.3. The van der Waals surface area contributed by atoms with Crippen molar-refractivity contribution in [2.45, 2.75) is 102 Å². The van der Waals surface area contributed by atoms with Crippen LogP contribution in [0, 0.1) is 0 Å². The zero-order valence-corrected chi connectivity index (χ0v) is 26.0. The smallest absolute Gasteiger partial charge is 0.154 e. The zero-order chi connectivity index (χ0) is 28.7. The minimum atomic E-state index is -0.170. The van der Waals surface area contributed by atoms with E-state index in [0.717, 1.165) is 61.2 Å². The van der Waals surface area contributed by atoms with Crippen LogP contribution in [-0.4, -0.2) is 73.0 Å². The first-order chi connectivity index (χ1) is 19.9. The van der Waals surface area contributed by atoms with E-state index in [1.807, 2.05) is 44.2 Å². The number of carbonyl (C=O) groups is 1. The molecule has 0 amide bonds. The van der Waals surface area contributed by atoms with Gasteiger partial charge in [0, 0.05) is 17.5 Å². The van der Waals surface area contributed by atoms with Gasteiger partial charge >= 0.3 is 0 Å². The van der Waals surface area contributed by atoms with Crippen molar-refractivity contribution in [3.05, 3.63) is 64.7 Å². The molecule has 2 aromatic carbocycles. The van der Waals surface area contributed by atoms with Crippen LogP contribution in [0.1, 0.15) is 82.8 Å². The highest BCUT2D eigenvalue weighted by molar-refractivity contribution is 6.30. The predicted octanol–water partition coefficient (Wildman–Crippen LogP) is 6.66. The summed E-state index contributed by atoms with van der Waals surface area (Å²) in [4.78, 5) is 19.2. The topological polar surface area (TPSA) is 44.8 Å². The molecule has 41 heavy (non-hydrogen) atoms. The van der Waals surface area contributed by atoms with Gasteiger partial charge in [-0.15, -0.1) is 0 Å². The number of benzene rings is 2. The van der Waals surface area contributed by atoms with Gasteiger partial charge in [-0.3, -0.25) is 4.79 Å². The van der Waals surface area contributed by atoms with E-state index in [-0.39, 0.29) is 23.3 Å². The van der Waals surface area contributed by atoms with Crippen LogP contribution < -0.4 is 10.1 Å². The van der Waals surface area contributed by atoms with Gasteiger partial charge in [0.2, 0.25) is 0 Å². The van der Waals surface area contributed by atoms with E-state index >= 15 is 0 Å². The first-order valence-electron chi connectivity index (χ1n) is 16.1. The van der Waals surface area contributed by atoms with Gasteiger partial charge in [0.15, 0.2) is 5.78 Å². The SMILES string of the molecule is CC(C)Oc1cccc(CC(=O)C2CC(CCN3CCC(N4CCCCC4)CC3)(c3cccc(Cl)c3)CCCN2)c1. The molecule has 0 aromatic heterocycles. The summed E-state index contributed by atoms with van der Waals surface area (Å²) in [7, 11) is 0. The van der Waals surface area contributed by atoms with E-state index in [0.29, 0.717) is 6.42 Å². The Morgan fingerprint density at radius 2 is 1.80 bits per heavy atom. The van der Waals surface area contributed by atoms with Gasteiger partial charge in [0.1, 0.15) is 5.75 Å². The number of piperidine rings is 2. The van der Waals surface area contributed by atoms with Crippen molar-refractivity contribution < 1.29 is 9.53 Å². The highest BCUT2D eigenvalue weighted by Crippen LogP contribution is 2.41. The van der Waals surface area contributed by atoms with Crippen LogP contribution in [0.5, 0.6) is 5.75 Å². The average Bonchev–Trinajstić information content (AvgIpc) is 3.21. The molecule has 5 nitrogen and oxygen atoms in total. The number of hydrogen-bond donors (Lipinski definition) is 1. The lowest BCUT2D eigenvalue weighted by Crippen LogP contribution is -2.48. The van der Waals surface area contributed by atoms with Crippen molar-refractivity contribution in [3.63, 3.8) is 0 Å². The first-order valence-corrected chi connectivity index (χ1v) is 16.5. The third-order valence-corrected chi connectivity index (χ3v) is 9.90. The Morgan fingerprint density at radius 3 is 2.56 bits per heavy atom. The molecule has 0 aliphatic carbocycles. The number of nitrogens with zero attached hydrogens (tertiary/aromatic N) is 2. The Balaban J connectivity index is 1.27. The van der Waals surface area contributed by atoms with E-state index < -0.39 is 0 Å². The Labute approximate surface area is 253 Å². The van der Waals surface area contributed by atoms with Crippen LogP contribution in [-0.2, 0) is 16.6 Å². The molecule has 224 valence electrons. The highest BCUT2D eigenvalue weighted by atomic mass is 35.5. The molecule has 3 saturated heterocycles.